The first-order valence-electron chi connectivity index (χ1n) is 11.2. The molecule has 1 heterocycles. The second-order valence-electron chi connectivity index (χ2n) is 8.84. The lowest BCUT2D eigenvalue weighted by atomic mass is 9.98. The Morgan fingerprint density at radius 2 is 1.77 bits per heavy atom. The van der Waals surface area contributed by atoms with Crippen LogP contribution in [0.4, 0.5) is 4.79 Å². The van der Waals surface area contributed by atoms with Gasteiger partial charge in [0.25, 0.3) is 5.91 Å². The number of aliphatic carboxylic acids is 1. The van der Waals surface area contributed by atoms with Crippen LogP contribution in [0.25, 0.3) is 0 Å². The Labute approximate surface area is 208 Å². The number of rotatable bonds is 9. The standard InChI is InChI=1S/C25H31N3O6S/c1-25(2)21(23(31)32)28(15-35-25)22(30)20(29)19(13-16-7-5-4-6-8-16)27-24(33)26-14-17-9-11-18(34-3)12-10-17/h4-12,19-21,29H,13-15H2,1-3H3,(H,31,32)(H2,26,27,33). The molecule has 9 nitrogen and oxygen atoms in total. The monoisotopic (exact) mass is 501 g/mol. The molecular weight excluding hydrogens is 470 g/mol. The molecule has 0 spiro atoms. The Bertz CT molecular complexity index is 1030. The number of amides is 3. The zero-order chi connectivity index (χ0) is 25.6. The number of urea groups is 1. The number of carbonyl (C=O) groups is 3. The zero-order valence-corrected chi connectivity index (χ0v) is 20.7. The summed E-state index contributed by atoms with van der Waals surface area (Å²) < 4.78 is 4.42. The number of ether oxygens (including phenoxy) is 1. The lowest BCUT2D eigenvalue weighted by molar-refractivity contribution is -0.154. The number of carboxylic acid groups (broad SMARTS) is 1. The molecule has 4 N–H and O–H groups in total. The van der Waals surface area contributed by atoms with E-state index in [1.54, 1.807) is 33.1 Å². The van der Waals surface area contributed by atoms with Crippen LogP contribution in [0, 0.1) is 0 Å². The maximum Gasteiger partial charge on any atom is 0.327 e. The van der Waals surface area contributed by atoms with Crippen LogP contribution in [-0.2, 0) is 22.6 Å². The number of nitrogens with one attached hydrogen (secondary N) is 2. The van der Waals surface area contributed by atoms with Gasteiger partial charge in [0, 0.05) is 11.3 Å². The minimum Gasteiger partial charge on any atom is -0.497 e. The van der Waals surface area contributed by atoms with E-state index in [4.69, 9.17) is 4.74 Å². The number of thioether (sulfide) groups is 1. The molecule has 35 heavy (non-hydrogen) atoms. The normalized spacial score (nSPS) is 18.4. The van der Waals surface area contributed by atoms with E-state index >= 15 is 0 Å². The molecule has 188 valence electrons. The van der Waals surface area contributed by atoms with Crippen molar-refractivity contribution >= 4 is 29.7 Å². The van der Waals surface area contributed by atoms with Gasteiger partial charge in [-0.05, 0) is 43.5 Å². The highest BCUT2D eigenvalue weighted by Crippen LogP contribution is 2.39. The molecule has 0 radical (unpaired) electrons. The molecule has 0 saturated carbocycles. The van der Waals surface area contributed by atoms with Crippen molar-refractivity contribution < 1.29 is 29.3 Å². The number of hydrogen-bond donors (Lipinski definition) is 4. The third-order valence-electron chi connectivity index (χ3n) is 5.92. The summed E-state index contributed by atoms with van der Waals surface area (Å²) in [7, 11) is 1.57. The van der Waals surface area contributed by atoms with Crippen molar-refractivity contribution in [1.82, 2.24) is 15.5 Å². The van der Waals surface area contributed by atoms with Crippen LogP contribution in [0.3, 0.4) is 0 Å². The number of aliphatic hydroxyl groups is 1. The Hall–Kier alpha value is -3.24. The Balaban J connectivity index is 1.72. The summed E-state index contributed by atoms with van der Waals surface area (Å²) in [5.74, 6) is -1.02. The highest BCUT2D eigenvalue weighted by molar-refractivity contribution is 8.00. The first-order chi connectivity index (χ1) is 16.6. The van der Waals surface area contributed by atoms with Crippen LogP contribution in [-0.4, -0.2) is 68.9 Å². The third kappa shape index (κ3) is 6.67. The number of aliphatic hydroxyl groups excluding tert-OH is 1. The van der Waals surface area contributed by atoms with Crippen molar-refractivity contribution in [2.75, 3.05) is 13.0 Å². The fraction of sp³-hybridized carbons (Fsp3) is 0.400. The van der Waals surface area contributed by atoms with Crippen LogP contribution in [0.2, 0.25) is 0 Å². The molecule has 1 aliphatic rings. The highest BCUT2D eigenvalue weighted by atomic mass is 32.2. The quantitative estimate of drug-likeness (QED) is 0.415. The van der Waals surface area contributed by atoms with Gasteiger partial charge in [-0.2, -0.15) is 0 Å². The SMILES string of the molecule is COc1ccc(CNC(=O)NC(Cc2ccccc2)C(O)C(=O)N2CSC(C)(C)C2C(=O)O)cc1. The van der Waals surface area contributed by atoms with E-state index < -0.39 is 40.8 Å². The minimum atomic E-state index is -1.63. The molecule has 2 aromatic carbocycles. The highest BCUT2D eigenvalue weighted by Gasteiger charge is 2.50. The van der Waals surface area contributed by atoms with Gasteiger partial charge in [0.15, 0.2) is 6.10 Å². The predicted octanol–water partition coefficient (Wildman–Crippen LogP) is 2.23. The summed E-state index contributed by atoms with van der Waals surface area (Å²) in [6.45, 7) is 3.74. The van der Waals surface area contributed by atoms with Crippen molar-refractivity contribution in [2.24, 2.45) is 0 Å². The Morgan fingerprint density at radius 3 is 2.37 bits per heavy atom. The van der Waals surface area contributed by atoms with Crippen LogP contribution < -0.4 is 15.4 Å². The van der Waals surface area contributed by atoms with E-state index in [1.807, 2.05) is 42.5 Å². The van der Waals surface area contributed by atoms with E-state index in [-0.39, 0.29) is 18.8 Å². The summed E-state index contributed by atoms with van der Waals surface area (Å²) in [5.41, 5.74) is 1.66. The van der Waals surface area contributed by atoms with Crippen molar-refractivity contribution in [3.63, 3.8) is 0 Å². The fourth-order valence-electron chi connectivity index (χ4n) is 3.98. The number of benzene rings is 2. The largest absolute Gasteiger partial charge is 0.497 e. The molecule has 3 rings (SSSR count). The summed E-state index contributed by atoms with van der Waals surface area (Å²) in [4.78, 5) is 38.9. The molecule has 0 aromatic heterocycles. The van der Waals surface area contributed by atoms with Crippen molar-refractivity contribution in [3.8, 4) is 5.75 Å². The first-order valence-corrected chi connectivity index (χ1v) is 12.2. The average molecular weight is 502 g/mol. The van der Waals surface area contributed by atoms with Gasteiger partial charge in [0.2, 0.25) is 0 Å². The molecular formula is C25H31N3O6S. The van der Waals surface area contributed by atoms with Gasteiger partial charge < -0.3 is 30.5 Å². The van der Waals surface area contributed by atoms with Crippen LogP contribution >= 0.6 is 11.8 Å². The molecule has 0 aliphatic carbocycles. The molecule has 3 amide bonds. The van der Waals surface area contributed by atoms with Crippen LogP contribution in [0.5, 0.6) is 5.75 Å². The van der Waals surface area contributed by atoms with Crippen LogP contribution in [0.1, 0.15) is 25.0 Å². The van der Waals surface area contributed by atoms with E-state index in [0.717, 1.165) is 11.1 Å². The lowest BCUT2D eigenvalue weighted by Gasteiger charge is -2.31. The number of carboxylic acids is 1. The fourth-order valence-corrected chi connectivity index (χ4v) is 5.12. The molecule has 1 aliphatic heterocycles. The zero-order valence-electron chi connectivity index (χ0n) is 19.9. The van der Waals surface area contributed by atoms with Gasteiger partial charge in [-0.25, -0.2) is 9.59 Å². The summed E-state index contributed by atoms with van der Waals surface area (Å²) in [6, 6.07) is 13.7. The van der Waals surface area contributed by atoms with Crippen molar-refractivity contribution in [2.45, 2.75) is 49.7 Å². The topological polar surface area (TPSA) is 128 Å². The average Bonchev–Trinajstić information content (AvgIpc) is 3.17. The lowest BCUT2D eigenvalue weighted by Crippen LogP contribution is -2.57. The van der Waals surface area contributed by atoms with Crippen LogP contribution in [0.15, 0.2) is 54.6 Å². The predicted molar refractivity (Wildman–Crippen MR) is 133 cm³/mol. The van der Waals surface area contributed by atoms with Crippen molar-refractivity contribution in [3.05, 3.63) is 65.7 Å². The number of methoxy groups -OCH3 is 1. The second-order valence-corrected chi connectivity index (χ2v) is 10.4. The molecule has 1 fully saturated rings. The summed E-state index contributed by atoms with van der Waals surface area (Å²) in [6.07, 6.45) is -1.44. The molecule has 3 unspecified atom stereocenters. The van der Waals surface area contributed by atoms with Gasteiger partial charge in [-0.1, -0.05) is 42.5 Å². The van der Waals surface area contributed by atoms with Gasteiger partial charge in [-0.15, -0.1) is 11.8 Å². The van der Waals surface area contributed by atoms with Gasteiger partial charge in [0.1, 0.15) is 11.8 Å². The minimum absolute atomic E-state index is 0.140. The van der Waals surface area contributed by atoms with E-state index in [0.29, 0.717) is 5.75 Å². The first kappa shape index (κ1) is 26.4. The van der Waals surface area contributed by atoms with Gasteiger partial charge >= 0.3 is 12.0 Å². The van der Waals surface area contributed by atoms with Crippen molar-refractivity contribution in [1.29, 1.82) is 0 Å². The Morgan fingerprint density at radius 1 is 1.11 bits per heavy atom. The van der Waals surface area contributed by atoms with Gasteiger partial charge in [-0.3, -0.25) is 4.79 Å². The number of carbonyl (C=O) groups excluding carboxylic acids is 2. The smallest absolute Gasteiger partial charge is 0.327 e. The Kier molecular flexibility index (Phi) is 8.63. The number of hydrogen-bond acceptors (Lipinski definition) is 6. The van der Waals surface area contributed by atoms with Gasteiger partial charge in [0.05, 0.1) is 19.0 Å². The molecule has 10 heteroatoms. The van der Waals surface area contributed by atoms with E-state index in [1.165, 1.54) is 16.7 Å². The maximum absolute atomic E-state index is 13.2. The molecule has 2 aromatic rings. The third-order valence-corrected chi connectivity index (χ3v) is 7.30. The maximum atomic E-state index is 13.2. The van der Waals surface area contributed by atoms with E-state index in [2.05, 4.69) is 10.6 Å². The molecule has 3 atom stereocenters. The molecule has 0 bridgehead atoms. The van der Waals surface area contributed by atoms with E-state index in [9.17, 15) is 24.6 Å². The summed E-state index contributed by atoms with van der Waals surface area (Å²) >= 11 is 1.33. The second kappa shape index (κ2) is 11.5. The number of nitrogens with zero attached hydrogens (tertiary/aromatic N) is 1. The summed E-state index contributed by atoms with van der Waals surface area (Å²) in [5, 5.41) is 26.1. The molecule has 1 saturated heterocycles.